The molecule has 140 valence electrons. The van der Waals surface area contributed by atoms with Crippen LogP contribution in [0.5, 0.6) is 5.75 Å². The lowest BCUT2D eigenvalue weighted by Gasteiger charge is -2.11. The van der Waals surface area contributed by atoms with Crippen LogP contribution in [0.2, 0.25) is 0 Å². The van der Waals surface area contributed by atoms with Gasteiger partial charge in [-0.3, -0.25) is 9.48 Å². The zero-order chi connectivity index (χ0) is 19.2. The second-order valence-corrected chi connectivity index (χ2v) is 6.39. The molecule has 2 heterocycles. The number of rotatable bonds is 7. The van der Waals surface area contributed by atoms with Gasteiger partial charge in [0.05, 0.1) is 20.1 Å². The van der Waals surface area contributed by atoms with Crippen LogP contribution in [0.25, 0.3) is 0 Å². The number of anilines is 2. The average Bonchev–Trinajstić information content (AvgIpc) is 3.09. The molecule has 0 radical (unpaired) electrons. The second-order valence-electron chi connectivity index (χ2n) is 6.39. The Morgan fingerprint density at radius 3 is 2.48 bits per heavy atom. The Kier molecular flexibility index (Phi) is 5.71. The van der Waals surface area contributed by atoms with Crippen LogP contribution in [0, 0.1) is 0 Å². The number of pyridine rings is 1. The van der Waals surface area contributed by atoms with Gasteiger partial charge in [-0.1, -0.05) is 18.2 Å². The summed E-state index contributed by atoms with van der Waals surface area (Å²) in [6.07, 6.45) is 3.82. The first kappa shape index (κ1) is 18.4. The molecule has 7 nitrogen and oxygen atoms in total. The molecule has 3 rings (SSSR count). The van der Waals surface area contributed by atoms with Gasteiger partial charge in [0.1, 0.15) is 11.6 Å². The van der Waals surface area contributed by atoms with E-state index < -0.39 is 0 Å². The first-order valence-electron chi connectivity index (χ1n) is 8.62. The zero-order valence-corrected chi connectivity index (χ0v) is 15.7. The van der Waals surface area contributed by atoms with Crippen LogP contribution in [0.4, 0.5) is 11.6 Å². The summed E-state index contributed by atoms with van der Waals surface area (Å²) in [4.78, 5) is 18.5. The van der Waals surface area contributed by atoms with Crippen LogP contribution in [0.1, 0.15) is 11.1 Å². The molecule has 0 unspecified atom stereocenters. The minimum atomic E-state index is -0.121. The summed E-state index contributed by atoms with van der Waals surface area (Å²) in [5.41, 5.74) is 1.96. The predicted octanol–water partition coefficient (Wildman–Crippen LogP) is 2.58. The van der Waals surface area contributed by atoms with Crippen molar-refractivity contribution in [3.8, 4) is 5.75 Å². The fraction of sp³-hybridized carbons (Fsp3) is 0.250. The van der Waals surface area contributed by atoms with Gasteiger partial charge in [0.15, 0.2) is 5.82 Å². The topological polar surface area (TPSA) is 72.3 Å². The van der Waals surface area contributed by atoms with Crippen LogP contribution in [-0.4, -0.2) is 41.9 Å². The monoisotopic (exact) mass is 365 g/mol. The number of methoxy groups -OCH3 is 1. The quantitative estimate of drug-likeness (QED) is 0.697. The first-order chi connectivity index (χ1) is 13.0. The van der Waals surface area contributed by atoms with E-state index >= 15 is 0 Å². The molecule has 0 saturated carbocycles. The lowest BCUT2D eigenvalue weighted by molar-refractivity contribution is -0.115. The van der Waals surface area contributed by atoms with Crippen LogP contribution < -0.4 is 15.0 Å². The van der Waals surface area contributed by atoms with E-state index in [-0.39, 0.29) is 12.3 Å². The van der Waals surface area contributed by atoms with E-state index in [1.54, 1.807) is 24.1 Å². The third kappa shape index (κ3) is 5.07. The molecule has 27 heavy (non-hydrogen) atoms. The Morgan fingerprint density at radius 2 is 1.85 bits per heavy atom. The van der Waals surface area contributed by atoms with Crippen molar-refractivity contribution in [2.45, 2.75) is 13.0 Å². The van der Waals surface area contributed by atoms with Gasteiger partial charge >= 0.3 is 0 Å². The largest absolute Gasteiger partial charge is 0.497 e. The Hall–Kier alpha value is -3.35. The minimum Gasteiger partial charge on any atom is -0.497 e. The van der Waals surface area contributed by atoms with Crippen LogP contribution in [-0.2, 0) is 17.8 Å². The molecule has 2 aromatic heterocycles. The van der Waals surface area contributed by atoms with Crippen molar-refractivity contribution < 1.29 is 9.53 Å². The van der Waals surface area contributed by atoms with Crippen LogP contribution >= 0.6 is 0 Å². The van der Waals surface area contributed by atoms with E-state index in [9.17, 15) is 4.79 Å². The summed E-state index contributed by atoms with van der Waals surface area (Å²) in [6, 6.07) is 13.4. The van der Waals surface area contributed by atoms with Gasteiger partial charge in [0.25, 0.3) is 0 Å². The SMILES string of the molecule is COc1ccc(Cn2ccc(NC(=O)Cc3ccc(N(C)C)nc3)n2)cc1. The third-order valence-corrected chi connectivity index (χ3v) is 4.04. The van der Waals surface area contributed by atoms with Crippen molar-refractivity contribution in [2.75, 3.05) is 31.4 Å². The highest BCUT2D eigenvalue weighted by atomic mass is 16.5. The van der Waals surface area contributed by atoms with Crippen molar-refractivity contribution in [1.29, 1.82) is 0 Å². The molecule has 7 heteroatoms. The van der Waals surface area contributed by atoms with Crippen molar-refractivity contribution in [3.05, 3.63) is 66.0 Å². The van der Waals surface area contributed by atoms with E-state index in [0.717, 1.165) is 22.7 Å². The van der Waals surface area contributed by atoms with Gasteiger partial charge in [-0.15, -0.1) is 0 Å². The lowest BCUT2D eigenvalue weighted by atomic mass is 10.2. The number of benzene rings is 1. The summed E-state index contributed by atoms with van der Waals surface area (Å²) < 4.78 is 6.94. The number of amides is 1. The van der Waals surface area contributed by atoms with E-state index in [0.29, 0.717) is 12.4 Å². The molecular formula is C20H23N5O2. The smallest absolute Gasteiger partial charge is 0.230 e. The lowest BCUT2D eigenvalue weighted by Crippen LogP contribution is -2.16. The Morgan fingerprint density at radius 1 is 1.11 bits per heavy atom. The molecule has 0 aliphatic rings. The van der Waals surface area contributed by atoms with Gasteiger partial charge in [-0.05, 0) is 29.3 Å². The molecule has 0 aliphatic heterocycles. The van der Waals surface area contributed by atoms with E-state index in [1.165, 1.54) is 0 Å². The van der Waals surface area contributed by atoms with Gasteiger partial charge in [0, 0.05) is 32.6 Å². The number of nitrogens with one attached hydrogen (secondary N) is 1. The Bertz CT molecular complexity index is 885. The normalized spacial score (nSPS) is 10.5. The number of carbonyl (C=O) groups is 1. The molecule has 0 aliphatic carbocycles. The summed E-state index contributed by atoms with van der Waals surface area (Å²) in [5.74, 6) is 2.09. The standard InChI is InChI=1S/C20H23N5O2/c1-24(2)19-9-6-16(13-21-19)12-20(26)22-18-10-11-25(23-18)14-15-4-7-17(27-3)8-5-15/h4-11,13H,12,14H2,1-3H3,(H,22,23,26). The van der Waals surface area contributed by atoms with Crippen LogP contribution in [0.15, 0.2) is 54.9 Å². The van der Waals surface area contributed by atoms with Gasteiger partial charge < -0.3 is 15.0 Å². The van der Waals surface area contributed by atoms with Gasteiger partial charge in [-0.25, -0.2) is 4.98 Å². The molecule has 1 amide bonds. The first-order valence-corrected chi connectivity index (χ1v) is 8.62. The van der Waals surface area contributed by atoms with Crippen molar-refractivity contribution >= 4 is 17.5 Å². The van der Waals surface area contributed by atoms with E-state index in [2.05, 4.69) is 15.4 Å². The number of nitrogens with zero attached hydrogens (tertiary/aromatic N) is 4. The van der Waals surface area contributed by atoms with Crippen molar-refractivity contribution in [2.24, 2.45) is 0 Å². The highest BCUT2D eigenvalue weighted by molar-refractivity contribution is 5.91. The second kappa shape index (κ2) is 8.35. The third-order valence-electron chi connectivity index (χ3n) is 4.04. The van der Waals surface area contributed by atoms with Crippen molar-refractivity contribution in [3.63, 3.8) is 0 Å². The number of hydrogen-bond acceptors (Lipinski definition) is 5. The highest BCUT2D eigenvalue weighted by Crippen LogP contribution is 2.13. The fourth-order valence-corrected chi connectivity index (χ4v) is 2.59. The number of aromatic nitrogens is 3. The van der Waals surface area contributed by atoms with Gasteiger partial charge in [-0.2, -0.15) is 5.10 Å². The molecule has 1 N–H and O–H groups in total. The maximum Gasteiger partial charge on any atom is 0.230 e. The minimum absolute atomic E-state index is 0.121. The molecule has 0 spiro atoms. The Balaban J connectivity index is 1.55. The molecule has 0 saturated heterocycles. The summed E-state index contributed by atoms with van der Waals surface area (Å²) in [7, 11) is 5.50. The maximum absolute atomic E-state index is 12.2. The van der Waals surface area contributed by atoms with E-state index in [4.69, 9.17) is 4.74 Å². The summed E-state index contributed by atoms with van der Waals surface area (Å²) in [5, 5.41) is 7.22. The molecule has 1 aromatic carbocycles. The molecular weight excluding hydrogens is 342 g/mol. The van der Waals surface area contributed by atoms with Crippen LogP contribution in [0.3, 0.4) is 0 Å². The molecule has 0 atom stereocenters. The zero-order valence-electron chi connectivity index (χ0n) is 15.7. The number of ether oxygens (including phenoxy) is 1. The summed E-state index contributed by atoms with van der Waals surface area (Å²) in [6.45, 7) is 0.621. The van der Waals surface area contributed by atoms with Crippen molar-refractivity contribution in [1.82, 2.24) is 14.8 Å². The average molecular weight is 365 g/mol. The molecule has 3 aromatic rings. The number of hydrogen-bond donors (Lipinski definition) is 1. The highest BCUT2D eigenvalue weighted by Gasteiger charge is 2.08. The Labute approximate surface area is 158 Å². The number of carbonyl (C=O) groups excluding carboxylic acids is 1. The summed E-state index contributed by atoms with van der Waals surface area (Å²) >= 11 is 0. The molecule has 0 fully saturated rings. The fourth-order valence-electron chi connectivity index (χ4n) is 2.59. The maximum atomic E-state index is 12.2. The van der Waals surface area contributed by atoms with Gasteiger partial charge in [0.2, 0.25) is 5.91 Å². The molecule has 0 bridgehead atoms. The van der Waals surface area contributed by atoms with E-state index in [1.807, 2.05) is 61.6 Å². The predicted molar refractivity (Wildman–Crippen MR) is 105 cm³/mol.